The summed E-state index contributed by atoms with van der Waals surface area (Å²) < 4.78 is 15.7. The zero-order valence-corrected chi connectivity index (χ0v) is 14.2. The molecule has 1 N–H and O–H groups in total. The summed E-state index contributed by atoms with van der Waals surface area (Å²) in [5.41, 5.74) is 3.94. The van der Waals surface area contributed by atoms with Gasteiger partial charge in [-0.15, -0.1) is 0 Å². The molecule has 2 aromatic carbocycles. The summed E-state index contributed by atoms with van der Waals surface area (Å²) >= 11 is 0. The van der Waals surface area contributed by atoms with E-state index in [9.17, 15) is 4.79 Å². The maximum absolute atomic E-state index is 11.9. The standard InChI is InChI=1S/C20H18N2O4/c1-24-17-8-5-7-16(13-17)20(23)22-21-11-4-2-3-6-15-9-10-18-19(12-15)26-14-25-18/h2-13H,14H2,1H3,(H,22,23)/b4-2+,6-3+,21-11+. The third-order valence-corrected chi connectivity index (χ3v) is 3.57. The fourth-order valence-corrected chi connectivity index (χ4v) is 2.27. The van der Waals surface area contributed by atoms with Crippen LogP contribution in [0.15, 0.2) is 65.8 Å². The van der Waals surface area contributed by atoms with Crippen molar-refractivity contribution in [3.05, 3.63) is 71.8 Å². The molecule has 0 fully saturated rings. The number of rotatable bonds is 6. The lowest BCUT2D eigenvalue weighted by atomic mass is 10.2. The molecule has 1 heterocycles. The van der Waals surface area contributed by atoms with Gasteiger partial charge in [-0.2, -0.15) is 5.10 Å². The second kappa shape index (κ2) is 8.53. The predicted molar refractivity (Wildman–Crippen MR) is 99.7 cm³/mol. The van der Waals surface area contributed by atoms with E-state index >= 15 is 0 Å². The molecule has 1 aliphatic heterocycles. The number of nitrogens with one attached hydrogen (secondary N) is 1. The minimum Gasteiger partial charge on any atom is -0.497 e. The first-order valence-electron chi connectivity index (χ1n) is 7.97. The van der Waals surface area contributed by atoms with Gasteiger partial charge in [-0.05, 0) is 42.0 Å². The highest BCUT2D eigenvalue weighted by Gasteiger charge is 2.11. The van der Waals surface area contributed by atoms with Gasteiger partial charge in [0.1, 0.15) is 5.75 Å². The molecular formula is C20H18N2O4. The van der Waals surface area contributed by atoms with Crippen LogP contribution in [0.2, 0.25) is 0 Å². The predicted octanol–water partition coefficient (Wildman–Crippen LogP) is 3.41. The molecule has 1 aliphatic rings. The van der Waals surface area contributed by atoms with Gasteiger partial charge in [-0.3, -0.25) is 4.79 Å². The molecule has 0 aromatic heterocycles. The summed E-state index contributed by atoms with van der Waals surface area (Å²) in [5, 5.41) is 3.87. The number of hydrazone groups is 1. The van der Waals surface area contributed by atoms with Crippen molar-refractivity contribution in [3.63, 3.8) is 0 Å². The van der Waals surface area contributed by atoms with Gasteiger partial charge in [0.15, 0.2) is 11.5 Å². The van der Waals surface area contributed by atoms with Crippen LogP contribution in [0.5, 0.6) is 17.2 Å². The fraction of sp³-hybridized carbons (Fsp3) is 0.100. The van der Waals surface area contributed by atoms with Crippen LogP contribution in [0.3, 0.4) is 0 Å². The molecule has 26 heavy (non-hydrogen) atoms. The zero-order valence-electron chi connectivity index (χ0n) is 14.2. The molecule has 132 valence electrons. The molecule has 6 nitrogen and oxygen atoms in total. The van der Waals surface area contributed by atoms with E-state index < -0.39 is 0 Å². The van der Waals surface area contributed by atoms with Gasteiger partial charge in [-0.25, -0.2) is 5.43 Å². The summed E-state index contributed by atoms with van der Waals surface area (Å²) in [6.45, 7) is 0.264. The van der Waals surface area contributed by atoms with Gasteiger partial charge in [0.2, 0.25) is 6.79 Å². The average Bonchev–Trinajstić information content (AvgIpc) is 3.15. The molecule has 0 radical (unpaired) electrons. The van der Waals surface area contributed by atoms with Crippen LogP contribution < -0.4 is 19.6 Å². The topological polar surface area (TPSA) is 69.2 Å². The first-order valence-corrected chi connectivity index (χ1v) is 7.97. The molecule has 2 aromatic rings. The van der Waals surface area contributed by atoms with Crippen molar-refractivity contribution < 1.29 is 19.0 Å². The number of carbonyl (C=O) groups is 1. The summed E-state index contributed by atoms with van der Waals surface area (Å²) in [7, 11) is 1.55. The third-order valence-electron chi connectivity index (χ3n) is 3.57. The van der Waals surface area contributed by atoms with Crippen molar-refractivity contribution in [1.82, 2.24) is 5.43 Å². The Bertz CT molecular complexity index is 872. The Labute approximate surface area is 151 Å². The van der Waals surface area contributed by atoms with E-state index in [1.165, 1.54) is 6.21 Å². The van der Waals surface area contributed by atoms with Crippen LogP contribution in [0.25, 0.3) is 6.08 Å². The van der Waals surface area contributed by atoms with E-state index in [4.69, 9.17) is 14.2 Å². The second-order valence-corrected chi connectivity index (χ2v) is 5.31. The first kappa shape index (κ1) is 17.3. The second-order valence-electron chi connectivity index (χ2n) is 5.31. The number of carbonyl (C=O) groups excluding carboxylic acids is 1. The number of amides is 1. The number of hydrogen-bond donors (Lipinski definition) is 1. The molecule has 0 aliphatic carbocycles. The van der Waals surface area contributed by atoms with E-state index in [0.717, 1.165) is 17.1 Å². The lowest BCUT2D eigenvalue weighted by Crippen LogP contribution is -2.17. The van der Waals surface area contributed by atoms with Gasteiger partial charge < -0.3 is 14.2 Å². The summed E-state index contributed by atoms with van der Waals surface area (Å²) in [4.78, 5) is 11.9. The van der Waals surface area contributed by atoms with Gasteiger partial charge in [0.05, 0.1) is 7.11 Å². The van der Waals surface area contributed by atoms with E-state index in [0.29, 0.717) is 11.3 Å². The van der Waals surface area contributed by atoms with Gasteiger partial charge in [0, 0.05) is 11.8 Å². The molecule has 6 heteroatoms. The number of allylic oxidation sites excluding steroid dienone is 3. The molecule has 0 spiro atoms. The third kappa shape index (κ3) is 4.51. The van der Waals surface area contributed by atoms with Crippen LogP contribution in [0, 0.1) is 0 Å². The van der Waals surface area contributed by atoms with Crippen molar-refractivity contribution in [2.24, 2.45) is 5.10 Å². The molecule has 1 amide bonds. The normalized spacial score (nSPS) is 13.0. The highest BCUT2D eigenvalue weighted by atomic mass is 16.7. The van der Waals surface area contributed by atoms with Crippen LogP contribution in [-0.4, -0.2) is 26.0 Å². The van der Waals surface area contributed by atoms with Crippen LogP contribution in [0.1, 0.15) is 15.9 Å². The van der Waals surface area contributed by atoms with Gasteiger partial charge >= 0.3 is 0 Å². The molecule has 0 bridgehead atoms. The van der Waals surface area contributed by atoms with E-state index in [2.05, 4.69) is 10.5 Å². The lowest BCUT2D eigenvalue weighted by molar-refractivity contribution is 0.0955. The number of benzene rings is 2. The Morgan fingerprint density at radius 1 is 1.12 bits per heavy atom. The minimum absolute atomic E-state index is 0.264. The Morgan fingerprint density at radius 3 is 2.88 bits per heavy atom. The Morgan fingerprint density at radius 2 is 2.00 bits per heavy atom. The summed E-state index contributed by atoms with van der Waals surface area (Å²) in [6.07, 6.45) is 8.83. The van der Waals surface area contributed by atoms with Crippen molar-refractivity contribution >= 4 is 18.2 Å². The summed E-state index contributed by atoms with van der Waals surface area (Å²) in [6, 6.07) is 12.6. The number of ether oxygens (including phenoxy) is 3. The van der Waals surface area contributed by atoms with Gasteiger partial charge in [-0.1, -0.05) is 30.4 Å². The van der Waals surface area contributed by atoms with Gasteiger partial charge in [0.25, 0.3) is 5.91 Å². The van der Waals surface area contributed by atoms with Crippen molar-refractivity contribution in [2.45, 2.75) is 0 Å². The minimum atomic E-state index is -0.301. The fourth-order valence-electron chi connectivity index (χ4n) is 2.27. The molecular weight excluding hydrogens is 332 g/mol. The SMILES string of the molecule is COc1cccc(C(=O)N/N=C/C=C/C=C/c2ccc3c(c2)OCO3)c1. The number of fused-ring (bicyclic) bond motifs is 1. The average molecular weight is 350 g/mol. The molecule has 0 unspecified atom stereocenters. The van der Waals surface area contributed by atoms with Crippen molar-refractivity contribution in [1.29, 1.82) is 0 Å². The molecule has 0 saturated heterocycles. The van der Waals surface area contributed by atoms with Crippen LogP contribution in [-0.2, 0) is 0 Å². The maximum atomic E-state index is 11.9. The van der Waals surface area contributed by atoms with Crippen molar-refractivity contribution in [2.75, 3.05) is 13.9 Å². The smallest absolute Gasteiger partial charge is 0.271 e. The van der Waals surface area contributed by atoms with E-state index in [1.54, 1.807) is 37.5 Å². The first-order chi connectivity index (χ1) is 12.8. The van der Waals surface area contributed by atoms with Crippen LogP contribution >= 0.6 is 0 Å². The highest BCUT2D eigenvalue weighted by molar-refractivity contribution is 5.94. The Balaban J connectivity index is 1.48. The van der Waals surface area contributed by atoms with E-state index in [1.807, 2.05) is 36.4 Å². The van der Waals surface area contributed by atoms with Crippen molar-refractivity contribution in [3.8, 4) is 17.2 Å². The van der Waals surface area contributed by atoms with E-state index in [-0.39, 0.29) is 12.7 Å². The zero-order chi connectivity index (χ0) is 18.2. The largest absolute Gasteiger partial charge is 0.497 e. The van der Waals surface area contributed by atoms with Crippen LogP contribution in [0.4, 0.5) is 0 Å². The quantitative estimate of drug-likeness (QED) is 0.492. The molecule has 0 saturated carbocycles. The Hall–Kier alpha value is -3.54. The number of hydrogen-bond acceptors (Lipinski definition) is 5. The monoisotopic (exact) mass is 350 g/mol. The lowest BCUT2D eigenvalue weighted by Gasteiger charge is -2.02. The molecule has 3 rings (SSSR count). The highest BCUT2D eigenvalue weighted by Crippen LogP contribution is 2.32. The summed E-state index contributed by atoms with van der Waals surface area (Å²) in [5.74, 6) is 1.83. The Kier molecular flexibility index (Phi) is 5.67. The number of methoxy groups -OCH3 is 1. The molecule has 0 atom stereocenters. The number of nitrogens with zero attached hydrogens (tertiary/aromatic N) is 1. The maximum Gasteiger partial charge on any atom is 0.271 e.